The number of amides is 3. The van der Waals surface area contributed by atoms with Gasteiger partial charge in [-0.15, -0.1) is 13.2 Å². The molecule has 0 aromatic rings. The van der Waals surface area contributed by atoms with Crippen LogP contribution in [0, 0.1) is 23.7 Å². The van der Waals surface area contributed by atoms with Crippen molar-refractivity contribution in [1.29, 1.82) is 0 Å². The van der Waals surface area contributed by atoms with Crippen LogP contribution in [0.2, 0.25) is 0 Å². The molecule has 3 aliphatic rings. The van der Waals surface area contributed by atoms with Crippen LogP contribution in [0.15, 0.2) is 25.3 Å². The van der Waals surface area contributed by atoms with Gasteiger partial charge in [-0.1, -0.05) is 46.3 Å². The fourth-order valence-electron chi connectivity index (χ4n) is 6.80. The van der Waals surface area contributed by atoms with Crippen molar-refractivity contribution < 1.29 is 24.2 Å². The molecule has 3 saturated heterocycles. The molecule has 0 aliphatic carbocycles. The fraction of sp³-hybridized carbons (Fsp3) is 0.750. The van der Waals surface area contributed by atoms with E-state index in [1.54, 1.807) is 33.9 Å². The van der Waals surface area contributed by atoms with Crippen LogP contribution in [0.25, 0.3) is 0 Å². The first kappa shape index (κ1) is 28.4. The Kier molecular flexibility index (Phi) is 8.40. The van der Waals surface area contributed by atoms with Crippen molar-refractivity contribution in [2.45, 2.75) is 77.2 Å². The zero-order chi connectivity index (χ0) is 27.0. The highest BCUT2D eigenvalue weighted by molar-refractivity contribution is 5.99. The van der Waals surface area contributed by atoms with Crippen LogP contribution in [0.4, 0.5) is 0 Å². The molecule has 3 heterocycles. The minimum absolute atomic E-state index is 0.0296. The highest BCUT2D eigenvalue weighted by atomic mass is 16.5. The second-order valence-electron chi connectivity index (χ2n) is 11.4. The number of fused-ring (bicyclic) bond motifs is 1. The van der Waals surface area contributed by atoms with E-state index in [4.69, 9.17) is 4.74 Å². The SMILES string of the molecule is C=CCN(C)C(=O)[C@@H]1[C@H]2C(=O)N([C@@H](CO)C(C)C)C(C(=O)N(CC=C)CCCC)C23CC(C)[C@@]1(C)O3. The number of aliphatic hydroxyl groups is 1. The average molecular weight is 504 g/mol. The molecule has 36 heavy (non-hydrogen) atoms. The average Bonchev–Trinajstić information content (AvgIpc) is 3.33. The number of hydrogen-bond acceptors (Lipinski definition) is 5. The standard InChI is InChI=1S/C28H45N3O5/c1-9-12-15-30(14-11-3)26(35)23-28-16-19(6)27(7,36-28)21(24(33)29(8)13-10-2)22(28)25(34)31(23)20(17-32)18(4)5/h10-11,18-23,32H,2-3,9,12-17H2,1,4-8H3/t19?,20-,21-,22-,23?,27+,28?/m0/s1. The third kappa shape index (κ3) is 4.20. The summed E-state index contributed by atoms with van der Waals surface area (Å²) in [5, 5.41) is 10.4. The van der Waals surface area contributed by atoms with Crippen molar-refractivity contribution in [1.82, 2.24) is 14.7 Å². The molecule has 1 N–H and O–H groups in total. The molecule has 3 aliphatic heterocycles. The lowest BCUT2D eigenvalue weighted by Gasteiger charge is -2.40. The summed E-state index contributed by atoms with van der Waals surface area (Å²) in [5.74, 6) is -2.24. The van der Waals surface area contributed by atoms with E-state index in [-0.39, 0.29) is 36.2 Å². The molecule has 8 heteroatoms. The molecule has 0 aromatic heterocycles. The van der Waals surface area contributed by atoms with Gasteiger partial charge in [0, 0.05) is 26.7 Å². The Morgan fingerprint density at radius 2 is 1.89 bits per heavy atom. The van der Waals surface area contributed by atoms with Gasteiger partial charge in [-0.05, 0) is 31.6 Å². The van der Waals surface area contributed by atoms with Gasteiger partial charge in [0.15, 0.2) is 0 Å². The van der Waals surface area contributed by atoms with Crippen molar-refractivity contribution in [3.63, 3.8) is 0 Å². The summed E-state index contributed by atoms with van der Waals surface area (Å²) in [6.07, 6.45) is 5.61. The maximum Gasteiger partial charge on any atom is 0.248 e. The molecule has 8 nitrogen and oxygen atoms in total. The van der Waals surface area contributed by atoms with Crippen molar-refractivity contribution in [3.8, 4) is 0 Å². The van der Waals surface area contributed by atoms with Crippen molar-refractivity contribution in [2.24, 2.45) is 23.7 Å². The van der Waals surface area contributed by atoms with Gasteiger partial charge in [0.2, 0.25) is 17.7 Å². The van der Waals surface area contributed by atoms with Crippen LogP contribution in [-0.4, -0.2) is 94.1 Å². The summed E-state index contributed by atoms with van der Waals surface area (Å²) < 4.78 is 6.80. The Hall–Kier alpha value is -2.19. The lowest BCUT2D eigenvalue weighted by molar-refractivity contribution is -0.158. The maximum atomic E-state index is 14.3. The minimum Gasteiger partial charge on any atom is -0.394 e. The number of aliphatic hydroxyl groups excluding tert-OH is 1. The molecule has 7 atom stereocenters. The van der Waals surface area contributed by atoms with E-state index in [1.807, 2.05) is 27.7 Å². The molecule has 1 spiro atoms. The highest BCUT2D eigenvalue weighted by Crippen LogP contribution is 2.65. The van der Waals surface area contributed by atoms with Gasteiger partial charge >= 0.3 is 0 Å². The van der Waals surface area contributed by atoms with Crippen LogP contribution in [0.1, 0.15) is 53.9 Å². The molecular formula is C28H45N3O5. The molecule has 0 aromatic carbocycles. The predicted molar refractivity (Wildman–Crippen MR) is 139 cm³/mol. The lowest BCUT2D eigenvalue weighted by Crippen LogP contribution is -2.59. The topological polar surface area (TPSA) is 90.4 Å². The number of nitrogens with zero attached hydrogens (tertiary/aromatic N) is 3. The summed E-state index contributed by atoms with van der Waals surface area (Å²) in [5.41, 5.74) is -1.98. The quantitative estimate of drug-likeness (QED) is 0.413. The maximum absolute atomic E-state index is 14.3. The van der Waals surface area contributed by atoms with Crippen molar-refractivity contribution in [2.75, 3.05) is 33.3 Å². The van der Waals surface area contributed by atoms with E-state index >= 15 is 0 Å². The number of carbonyl (C=O) groups excluding carboxylic acids is 3. The molecule has 3 rings (SSSR count). The summed E-state index contributed by atoms with van der Waals surface area (Å²) in [4.78, 5) is 47.3. The third-order valence-electron chi connectivity index (χ3n) is 8.79. The zero-order valence-corrected chi connectivity index (χ0v) is 22.9. The van der Waals surface area contributed by atoms with E-state index in [0.717, 1.165) is 12.8 Å². The first-order valence-corrected chi connectivity index (χ1v) is 13.3. The summed E-state index contributed by atoms with van der Waals surface area (Å²) >= 11 is 0. The van der Waals surface area contributed by atoms with E-state index in [2.05, 4.69) is 20.1 Å². The van der Waals surface area contributed by atoms with Gasteiger partial charge in [-0.25, -0.2) is 0 Å². The van der Waals surface area contributed by atoms with Gasteiger partial charge < -0.3 is 24.5 Å². The number of rotatable bonds is 12. The highest BCUT2D eigenvalue weighted by Gasteiger charge is 2.80. The molecule has 202 valence electrons. The summed E-state index contributed by atoms with van der Waals surface area (Å²) in [7, 11) is 1.71. The smallest absolute Gasteiger partial charge is 0.248 e. The molecular weight excluding hydrogens is 458 g/mol. The minimum atomic E-state index is -1.12. The van der Waals surface area contributed by atoms with Crippen molar-refractivity contribution >= 4 is 17.7 Å². The van der Waals surface area contributed by atoms with Gasteiger partial charge in [-0.3, -0.25) is 14.4 Å². The number of likely N-dealkylation sites (tertiary alicyclic amines) is 1. The van der Waals surface area contributed by atoms with Gasteiger partial charge in [0.25, 0.3) is 0 Å². The number of unbranched alkanes of at least 4 members (excludes halogenated alkanes) is 1. The Labute approximate surface area is 216 Å². The predicted octanol–water partition coefficient (Wildman–Crippen LogP) is 2.47. The van der Waals surface area contributed by atoms with E-state index in [0.29, 0.717) is 26.1 Å². The molecule has 0 saturated carbocycles. The van der Waals surface area contributed by atoms with Crippen molar-refractivity contribution in [3.05, 3.63) is 25.3 Å². The second-order valence-corrected chi connectivity index (χ2v) is 11.4. The van der Waals surface area contributed by atoms with Crippen LogP contribution in [-0.2, 0) is 19.1 Å². The third-order valence-corrected chi connectivity index (χ3v) is 8.79. The van der Waals surface area contributed by atoms with Gasteiger partial charge in [-0.2, -0.15) is 0 Å². The van der Waals surface area contributed by atoms with Crippen LogP contribution < -0.4 is 0 Å². The largest absolute Gasteiger partial charge is 0.394 e. The molecule has 3 fully saturated rings. The summed E-state index contributed by atoms with van der Waals surface area (Å²) in [6.45, 7) is 18.5. The lowest BCUT2D eigenvalue weighted by atomic mass is 9.62. The molecule has 2 bridgehead atoms. The number of hydrogen-bond donors (Lipinski definition) is 1. The normalized spacial score (nSPS) is 33.6. The zero-order valence-electron chi connectivity index (χ0n) is 22.9. The fourth-order valence-corrected chi connectivity index (χ4v) is 6.80. The number of carbonyl (C=O) groups is 3. The number of likely N-dealkylation sites (N-methyl/N-ethyl adjacent to an activating group) is 1. The Morgan fingerprint density at radius 3 is 2.42 bits per heavy atom. The van der Waals surface area contributed by atoms with E-state index in [9.17, 15) is 19.5 Å². The molecule has 3 unspecified atom stereocenters. The van der Waals surface area contributed by atoms with Gasteiger partial charge in [0.1, 0.15) is 11.6 Å². The molecule has 0 radical (unpaired) electrons. The summed E-state index contributed by atoms with van der Waals surface area (Å²) in [6, 6.07) is -1.46. The van der Waals surface area contributed by atoms with E-state index in [1.165, 1.54) is 0 Å². The first-order valence-electron chi connectivity index (χ1n) is 13.3. The Morgan fingerprint density at radius 1 is 1.25 bits per heavy atom. The monoisotopic (exact) mass is 503 g/mol. The van der Waals surface area contributed by atoms with Crippen LogP contribution >= 0.6 is 0 Å². The van der Waals surface area contributed by atoms with Crippen LogP contribution in [0.3, 0.4) is 0 Å². The van der Waals surface area contributed by atoms with Gasteiger partial charge in [0.05, 0.1) is 30.1 Å². The van der Waals surface area contributed by atoms with E-state index < -0.39 is 35.1 Å². The Balaban J connectivity index is 2.18. The first-order chi connectivity index (χ1) is 17.0. The second kappa shape index (κ2) is 10.7. The molecule has 3 amide bonds. The Bertz CT molecular complexity index is 890. The van der Waals surface area contributed by atoms with Crippen LogP contribution in [0.5, 0.6) is 0 Å². The number of ether oxygens (including phenoxy) is 1.